The van der Waals surface area contributed by atoms with Crippen molar-refractivity contribution in [3.8, 4) is 0 Å². The zero-order chi connectivity index (χ0) is 21.8. The first-order valence-electron chi connectivity index (χ1n) is 11.1. The van der Waals surface area contributed by atoms with Crippen molar-refractivity contribution in [2.45, 2.75) is 51.0 Å². The van der Waals surface area contributed by atoms with E-state index in [9.17, 15) is 13.2 Å². The summed E-state index contributed by atoms with van der Waals surface area (Å²) in [5.41, 5.74) is 1.53. The third kappa shape index (κ3) is 3.39. The van der Waals surface area contributed by atoms with Crippen molar-refractivity contribution >= 4 is 15.9 Å². The van der Waals surface area contributed by atoms with E-state index in [1.54, 1.807) is 10.4 Å². The molecule has 4 rings (SSSR count). The second-order valence-corrected chi connectivity index (χ2v) is 11.9. The van der Waals surface area contributed by atoms with E-state index in [1.165, 1.54) is 0 Å². The molecule has 0 aliphatic carbocycles. The molecule has 0 N–H and O–H groups in total. The number of hydrogen-bond acceptors (Lipinski definition) is 4. The van der Waals surface area contributed by atoms with Crippen LogP contribution in [0.1, 0.15) is 37.8 Å². The molecule has 3 heterocycles. The number of benzene rings is 1. The minimum atomic E-state index is -3.52. The molecule has 0 aromatic heterocycles. The SMILES string of the molecule is Cc1ccc(C)c(S(=O)(=O)N2CCC3(CC2)[C@H]2CN(CC(C)C)C[C@H]2C(=O)N3C)c1. The van der Waals surface area contributed by atoms with Gasteiger partial charge in [0.15, 0.2) is 0 Å². The number of piperidine rings is 1. The predicted octanol–water partition coefficient (Wildman–Crippen LogP) is 2.50. The lowest BCUT2D eigenvalue weighted by atomic mass is 9.75. The average Bonchev–Trinajstić information content (AvgIpc) is 3.18. The molecule has 1 aromatic rings. The van der Waals surface area contributed by atoms with Crippen molar-refractivity contribution in [1.29, 1.82) is 0 Å². The van der Waals surface area contributed by atoms with Gasteiger partial charge in [0.05, 0.1) is 10.8 Å². The van der Waals surface area contributed by atoms with Gasteiger partial charge in [0.1, 0.15) is 0 Å². The summed E-state index contributed by atoms with van der Waals surface area (Å²) in [7, 11) is -1.59. The third-order valence-corrected chi connectivity index (χ3v) is 9.62. The molecule has 2 atom stereocenters. The van der Waals surface area contributed by atoms with Gasteiger partial charge in [-0.3, -0.25) is 4.79 Å². The number of hydrogen-bond donors (Lipinski definition) is 0. The fraction of sp³-hybridized carbons (Fsp3) is 0.696. The average molecular weight is 434 g/mol. The van der Waals surface area contributed by atoms with Crippen LogP contribution < -0.4 is 0 Å². The minimum Gasteiger partial charge on any atom is -0.339 e. The Morgan fingerprint density at radius 2 is 1.80 bits per heavy atom. The van der Waals surface area contributed by atoms with Gasteiger partial charge < -0.3 is 9.80 Å². The number of rotatable bonds is 4. The highest BCUT2D eigenvalue weighted by atomic mass is 32.2. The molecule has 3 aliphatic heterocycles. The van der Waals surface area contributed by atoms with Crippen LogP contribution in [0.5, 0.6) is 0 Å². The number of nitrogens with zero attached hydrogens (tertiary/aromatic N) is 3. The maximum absolute atomic E-state index is 13.3. The summed E-state index contributed by atoms with van der Waals surface area (Å²) in [5.74, 6) is 1.20. The molecule has 1 aromatic carbocycles. The molecule has 0 bridgehead atoms. The first kappa shape index (κ1) is 21.8. The monoisotopic (exact) mass is 433 g/mol. The van der Waals surface area contributed by atoms with Crippen LogP contribution in [0.2, 0.25) is 0 Å². The zero-order valence-corrected chi connectivity index (χ0v) is 19.7. The van der Waals surface area contributed by atoms with Crippen molar-refractivity contribution in [3.05, 3.63) is 29.3 Å². The summed E-state index contributed by atoms with van der Waals surface area (Å²) < 4.78 is 28.3. The van der Waals surface area contributed by atoms with Crippen molar-refractivity contribution in [3.63, 3.8) is 0 Å². The van der Waals surface area contributed by atoms with E-state index >= 15 is 0 Å². The summed E-state index contributed by atoms with van der Waals surface area (Å²) in [4.78, 5) is 17.9. The topological polar surface area (TPSA) is 60.9 Å². The van der Waals surface area contributed by atoms with Gasteiger partial charge in [0.25, 0.3) is 0 Å². The summed E-state index contributed by atoms with van der Waals surface area (Å²) >= 11 is 0. The van der Waals surface area contributed by atoms with Crippen LogP contribution in [-0.4, -0.2) is 73.7 Å². The van der Waals surface area contributed by atoms with Gasteiger partial charge in [-0.2, -0.15) is 4.31 Å². The molecule has 0 unspecified atom stereocenters. The van der Waals surface area contributed by atoms with Crippen LogP contribution >= 0.6 is 0 Å². The molecule has 1 spiro atoms. The van der Waals surface area contributed by atoms with E-state index in [0.717, 1.165) is 43.6 Å². The molecule has 6 nitrogen and oxygen atoms in total. The lowest BCUT2D eigenvalue weighted by Gasteiger charge is -2.46. The number of likely N-dealkylation sites (tertiary alicyclic amines) is 2. The van der Waals surface area contributed by atoms with Crippen LogP contribution in [0.4, 0.5) is 0 Å². The number of carbonyl (C=O) groups is 1. The van der Waals surface area contributed by atoms with Gasteiger partial charge in [0.2, 0.25) is 15.9 Å². The lowest BCUT2D eigenvalue weighted by Crippen LogP contribution is -2.56. The van der Waals surface area contributed by atoms with Crippen molar-refractivity contribution < 1.29 is 13.2 Å². The number of fused-ring (bicyclic) bond motifs is 2. The summed E-state index contributed by atoms with van der Waals surface area (Å²) in [5, 5.41) is 0. The molecule has 3 saturated heterocycles. The van der Waals surface area contributed by atoms with Crippen molar-refractivity contribution in [2.24, 2.45) is 17.8 Å². The van der Waals surface area contributed by atoms with E-state index in [1.807, 2.05) is 37.9 Å². The van der Waals surface area contributed by atoms with Crippen LogP contribution in [0.3, 0.4) is 0 Å². The van der Waals surface area contributed by atoms with Crippen molar-refractivity contribution in [2.75, 3.05) is 39.8 Å². The molecule has 3 aliphatic rings. The normalized spacial score (nSPS) is 27.4. The maximum atomic E-state index is 13.3. The minimum absolute atomic E-state index is 0.0657. The smallest absolute Gasteiger partial charge is 0.243 e. The first-order valence-corrected chi connectivity index (χ1v) is 12.6. The molecule has 3 fully saturated rings. The summed E-state index contributed by atoms with van der Waals surface area (Å²) in [6.07, 6.45) is 1.44. The Balaban J connectivity index is 1.54. The Bertz CT molecular complexity index is 935. The van der Waals surface area contributed by atoms with E-state index in [0.29, 0.717) is 29.8 Å². The second kappa shape index (κ2) is 7.61. The highest BCUT2D eigenvalue weighted by Crippen LogP contribution is 2.49. The van der Waals surface area contributed by atoms with Gasteiger partial charge in [-0.1, -0.05) is 26.0 Å². The molecular weight excluding hydrogens is 398 g/mol. The highest BCUT2D eigenvalue weighted by Gasteiger charge is 2.60. The molecule has 1 amide bonds. The van der Waals surface area contributed by atoms with Crippen LogP contribution in [0.25, 0.3) is 0 Å². The van der Waals surface area contributed by atoms with E-state index < -0.39 is 10.0 Å². The first-order chi connectivity index (χ1) is 14.1. The second-order valence-electron chi connectivity index (χ2n) is 10.00. The number of aryl methyl sites for hydroxylation is 2. The fourth-order valence-electron chi connectivity index (χ4n) is 6.01. The fourth-order valence-corrected chi connectivity index (χ4v) is 7.76. The Hall–Kier alpha value is -1.44. The van der Waals surface area contributed by atoms with E-state index in [4.69, 9.17) is 0 Å². The maximum Gasteiger partial charge on any atom is 0.243 e. The molecule has 166 valence electrons. The molecule has 30 heavy (non-hydrogen) atoms. The Labute approximate surface area is 181 Å². The van der Waals surface area contributed by atoms with Crippen LogP contribution in [0.15, 0.2) is 23.1 Å². The van der Waals surface area contributed by atoms with Gasteiger partial charge >= 0.3 is 0 Å². The van der Waals surface area contributed by atoms with Gasteiger partial charge in [-0.05, 0) is 49.8 Å². The van der Waals surface area contributed by atoms with Gasteiger partial charge in [0, 0.05) is 51.2 Å². The van der Waals surface area contributed by atoms with E-state index in [2.05, 4.69) is 18.7 Å². The summed E-state index contributed by atoms with van der Waals surface area (Å²) in [6.45, 7) is 12.0. The standard InChI is InChI=1S/C23H35N3O3S/c1-16(2)13-25-14-19-20(15-25)23(24(5)22(19)27)8-10-26(11-9-23)30(28,29)21-12-17(3)6-7-18(21)4/h6-7,12,16,19-20H,8-11,13-15H2,1-5H3/t19-,20+/m1/s1. The molecule has 0 saturated carbocycles. The Morgan fingerprint density at radius 1 is 1.13 bits per heavy atom. The van der Waals surface area contributed by atoms with Gasteiger partial charge in [-0.25, -0.2) is 8.42 Å². The largest absolute Gasteiger partial charge is 0.339 e. The molecule has 0 radical (unpaired) electrons. The Kier molecular flexibility index (Phi) is 5.52. The van der Waals surface area contributed by atoms with E-state index in [-0.39, 0.29) is 17.4 Å². The lowest BCUT2D eigenvalue weighted by molar-refractivity contribution is -0.133. The quantitative estimate of drug-likeness (QED) is 0.732. The van der Waals surface area contributed by atoms with Crippen LogP contribution in [0, 0.1) is 31.6 Å². The van der Waals surface area contributed by atoms with Crippen LogP contribution in [-0.2, 0) is 14.8 Å². The summed E-state index contributed by atoms with van der Waals surface area (Å²) in [6, 6.07) is 5.60. The number of sulfonamides is 1. The zero-order valence-electron chi connectivity index (χ0n) is 18.9. The van der Waals surface area contributed by atoms with Crippen molar-refractivity contribution in [1.82, 2.24) is 14.1 Å². The highest BCUT2D eigenvalue weighted by molar-refractivity contribution is 7.89. The van der Waals surface area contributed by atoms with Gasteiger partial charge in [-0.15, -0.1) is 0 Å². The Morgan fingerprint density at radius 3 is 2.43 bits per heavy atom. The number of amides is 1. The number of carbonyl (C=O) groups excluding carboxylic acids is 1. The predicted molar refractivity (Wildman–Crippen MR) is 118 cm³/mol. The molecule has 7 heteroatoms. The third-order valence-electron chi connectivity index (χ3n) is 7.57. The molecular formula is C23H35N3O3S.